The van der Waals surface area contributed by atoms with Gasteiger partial charge in [0.15, 0.2) is 5.82 Å². The molecule has 0 unspecified atom stereocenters. The van der Waals surface area contributed by atoms with Gasteiger partial charge in [-0.1, -0.05) is 12.1 Å². The number of amides is 1. The molecule has 0 saturated carbocycles. The smallest absolute Gasteiger partial charge is 0.253 e. The van der Waals surface area contributed by atoms with Gasteiger partial charge in [0.25, 0.3) is 5.91 Å². The second-order valence-corrected chi connectivity index (χ2v) is 7.69. The third-order valence-electron chi connectivity index (χ3n) is 3.76. The lowest BCUT2D eigenvalue weighted by atomic mass is 10.1. The fourth-order valence-electron chi connectivity index (χ4n) is 2.47. The predicted molar refractivity (Wildman–Crippen MR) is 104 cm³/mol. The van der Waals surface area contributed by atoms with Crippen molar-refractivity contribution in [3.05, 3.63) is 59.9 Å². The molecule has 3 rings (SSSR count). The molecular weight excluding hydrogens is 382 g/mol. The molecule has 3 N–H and O–H groups in total. The van der Waals surface area contributed by atoms with Crippen LogP contribution in [0, 0.1) is 0 Å². The van der Waals surface area contributed by atoms with E-state index in [4.69, 9.17) is 4.74 Å². The molecule has 0 fully saturated rings. The van der Waals surface area contributed by atoms with Crippen LogP contribution in [0.4, 0.5) is 5.69 Å². The van der Waals surface area contributed by atoms with Crippen LogP contribution < -0.4 is 14.8 Å². The number of para-hydroxylation sites is 1. The molecule has 1 aromatic heterocycles. The highest BCUT2D eigenvalue weighted by atomic mass is 32.2. The standard InChI is InChI=1S/C18H19N5O4S/c1-27-13-9-7-12(8-10-13)17-20-16(21-22-17)11-19-18(24)14-5-3-4-6-15(14)23-28(2,25)26/h3-10,23H,11H2,1-2H3,(H,19,24)(H,20,21,22). The van der Waals surface area contributed by atoms with Gasteiger partial charge >= 0.3 is 0 Å². The Morgan fingerprint density at radius 3 is 2.54 bits per heavy atom. The predicted octanol–water partition coefficient (Wildman–Crippen LogP) is 1.78. The molecule has 0 aliphatic heterocycles. The number of sulfonamides is 1. The summed E-state index contributed by atoms with van der Waals surface area (Å²) in [6.45, 7) is 0.106. The number of benzene rings is 2. The van der Waals surface area contributed by atoms with Gasteiger partial charge < -0.3 is 10.1 Å². The first kappa shape index (κ1) is 19.4. The Hall–Kier alpha value is -3.40. The SMILES string of the molecule is COc1ccc(-c2n[nH]c(CNC(=O)c3ccccc3NS(C)(=O)=O)n2)cc1. The van der Waals surface area contributed by atoms with Gasteiger partial charge in [-0.3, -0.25) is 14.6 Å². The molecule has 146 valence electrons. The first-order chi connectivity index (χ1) is 13.4. The van der Waals surface area contributed by atoms with Crippen molar-refractivity contribution < 1.29 is 17.9 Å². The average Bonchev–Trinajstić information content (AvgIpc) is 3.14. The van der Waals surface area contributed by atoms with Crippen LogP contribution in [0.5, 0.6) is 5.75 Å². The van der Waals surface area contributed by atoms with Crippen molar-refractivity contribution in [3.63, 3.8) is 0 Å². The van der Waals surface area contributed by atoms with E-state index in [-0.39, 0.29) is 17.8 Å². The Morgan fingerprint density at radius 1 is 1.14 bits per heavy atom. The normalized spacial score (nSPS) is 11.1. The summed E-state index contributed by atoms with van der Waals surface area (Å²) >= 11 is 0. The van der Waals surface area contributed by atoms with Gasteiger partial charge in [-0.15, -0.1) is 0 Å². The summed E-state index contributed by atoms with van der Waals surface area (Å²) in [4.78, 5) is 16.8. The van der Waals surface area contributed by atoms with Crippen LogP contribution in [0.25, 0.3) is 11.4 Å². The molecule has 3 aromatic rings. The van der Waals surface area contributed by atoms with E-state index in [1.807, 2.05) is 12.1 Å². The third kappa shape index (κ3) is 4.86. The maximum Gasteiger partial charge on any atom is 0.253 e. The van der Waals surface area contributed by atoms with Gasteiger partial charge in [-0.25, -0.2) is 13.4 Å². The number of hydrogen-bond acceptors (Lipinski definition) is 6. The van der Waals surface area contributed by atoms with Crippen molar-refractivity contribution >= 4 is 21.6 Å². The van der Waals surface area contributed by atoms with E-state index in [0.717, 1.165) is 17.6 Å². The van der Waals surface area contributed by atoms with Crippen LogP contribution in [0.2, 0.25) is 0 Å². The number of aromatic nitrogens is 3. The van der Waals surface area contributed by atoms with Gasteiger partial charge in [0, 0.05) is 5.56 Å². The second-order valence-electron chi connectivity index (χ2n) is 5.94. The molecule has 2 aromatic carbocycles. The maximum atomic E-state index is 12.5. The zero-order valence-corrected chi connectivity index (χ0v) is 16.1. The summed E-state index contributed by atoms with van der Waals surface area (Å²) < 4.78 is 30.4. The molecular formula is C18H19N5O4S. The average molecular weight is 401 g/mol. The summed E-state index contributed by atoms with van der Waals surface area (Å²) in [6, 6.07) is 13.6. The van der Waals surface area contributed by atoms with Crippen molar-refractivity contribution in [3.8, 4) is 17.1 Å². The first-order valence-corrected chi connectivity index (χ1v) is 10.2. The minimum Gasteiger partial charge on any atom is -0.497 e. The molecule has 0 atom stereocenters. The quantitative estimate of drug-likeness (QED) is 0.554. The molecule has 9 nitrogen and oxygen atoms in total. The first-order valence-electron chi connectivity index (χ1n) is 8.26. The van der Waals surface area contributed by atoms with Crippen molar-refractivity contribution in [1.82, 2.24) is 20.5 Å². The molecule has 28 heavy (non-hydrogen) atoms. The molecule has 0 saturated heterocycles. The number of aromatic amines is 1. The molecule has 0 radical (unpaired) electrons. The third-order valence-corrected chi connectivity index (χ3v) is 4.35. The van der Waals surface area contributed by atoms with Crippen molar-refractivity contribution in [2.24, 2.45) is 0 Å². The molecule has 0 aliphatic carbocycles. The summed E-state index contributed by atoms with van der Waals surface area (Å²) in [5, 5.41) is 9.61. The summed E-state index contributed by atoms with van der Waals surface area (Å²) in [6.07, 6.45) is 1.02. The van der Waals surface area contributed by atoms with Gasteiger partial charge in [0.05, 0.1) is 31.2 Å². The molecule has 0 aliphatic rings. The Labute approximate surface area is 162 Å². The van der Waals surface area contributed by atoms with Gasteiger partial charge in [-0.05, 0) is 36.4 Å². The molecule has 1 heterocycles. The number of H-pyrrole nitrogens is 1. The Balaban J connectivity index is 1.68. The number of nitrogens with zero attached hydrogens (tertiary/aromatic N) is 2. The molecule has 10 heteroatoms. The number of hydrogen-bond donors (Lipinski definition) is 3. The van der Waals surface area contributed by atoms with Crippen LogP contribution in [0.15, 0.2) is 48.5 Å². The minimum absolute atomic E-state index is 0.106. The second kappa shape index (κ2) is 8.09. The van der Waals surface area contributed by atoms with Crippen LogP contribution in [0.1, 0.15) is 16.2 Å². The van der Waals surface area contributed by atoms with Crippen LogP contribution >= 0.6 is 0 Å². The maximum absolute atomic E-state index is 12.5. The van der Waals surface area contributed by atoms with E-state index in [1.165, 1.54) is 12.1 Å². The van der Waals surface area contributed by atoms with Gasteiger partial charge in [-0.2, -0.15) is 5.10 Å². The molecule has 0 bridgehead atoms. The van der Waals surface area contributed by atoms with E-state index in [9.17, 15) is 13.2 Å². The Bertz CT molecular complexity index is 1080. The lowest BCUT2D eigenvalue weighted by Crippen LogP contribution is -2.25. The van der Waals surface area contributed by atoms with Crippen molar-refractivity contribution in [1.29, 1.82) is 0 Å². The summed E-state index contributed by atoms with van der Waals surface area (Å²) in [7, 11) is -1.91. The van der Waals surface area contributed by atoms with E-state index >= 15 is 0 Å². The number of nitrogens with one attached hydrogen (secondary N) is 3. The number of ether oxygens (including phenoxy) is 1. The highest BCUT2D eigenvalue weighted by molar-refractivity contribution is 7.92. The van der Waals surface area contributed by atoms with E-state index in [2.05, 4.69) is 25.2 Å². The monoisotopic (exact) mass is 401 g/mol. The summed E-state index contributed by atoms with van der Waals surface area (Å²) in [5.41, 5.74) is 1.22. The fourth-order valence-corrected chi connectivity index (χ4v) is 3.05. The largest absolute Gasteiger partial charge is 0.497 e. The summed E-state index contributed by atoms with van der Waals surface area (Å²) in [5.74, 6) is 1.25. The highest BCUT2D eigenvalue weighted by Gasteiger charge is 2.14. The van der Waals surface area contributed by atoms with Crippen LogP contribution in [-0.2, 0) is 16.6 Å². The van der Waals surface area contributed by atoms with Gasteiger partial charge in [0.1, 0.15) is 11.6 Å². The van der Waals surface area contributed by atoms with Crippen LogP contribution in [0.3, 0.4) is 0 Å². The van der Waals surface area contributed by atoms with Crippen molar-refractivity contribution in [2.45, 2.75) is 6.54 Å². The number of rotatable bonds is 7. The van der Waals surface area contributed by atoms with Crippen molar-refractivity contribution in [2.75, 3.05) is 18.1 Å². The zero-order valence-electron chi connectivity index (χ0n) is 15.3. The van der Waals surface area contributed by atoms with E-state index in [1.54, 1.807) is 31.4 Å². The molecule has 0 spiro atoms. The Kier molecular flexibility index (Phi) is 5.59. The lowest BCUT2D eigenvalue weighted by molar-refractivity contribution is 0.0951. The van der Waals surface area contributed by atoms with E-state index in [0.29, 0.717) is 11.6 Å². The van der Waals surface area contributed by atoms with Crippen LogP contribution in [-0.4, -0.2) is 42.9 Å². The van der Waals surface area contributed by atoms with E-state index < -0.39 is 15.9 Å². The topological polar surface area (TPSA) is 126 Å². The highest BCUT2D eigenvalue weighted by Crippen LogP contribution is 2.19. The number of anilines is 1. The zero-order chi connectivity index (χ0) is 20.1. The number of carbonyl (C=O) groups is 1. The Morgan fingerprint density at radius 2 is 1.86 bits per heavy atom. The molecule has 1 amide bonds. The van der Waals surface area contributed by atoms with Gasteiger partial charge in [0.2, 0.25) is 10.0 Å². The fraction of sp³-hybridized carbons (Fsp3) is 0.167. The lowest BCUT2D eigenvalue weighted by Gasteiger charge is -2.10. The number of carbonyl (C=O) groups excluding carboxylic acids is 1. The minimum atomic E-state index is -3.50. The number of methoxy groups -OCH3 is 1.